The molecule has 1 fully saturated rings. The summed E-state index contributed by atoms with van der Waals surface area (Å²) in [5.74, 6) is 0.644. The van der Waals surface area contributed by atoms with Crippen molar-refractivity contribution in [1.82, 2.24) is 34.3 Å². The highest BCUT2D eigenvalue weighted by Gasteiger charge is 2.20. The van der Waals surface area contributed by atoms with E-state index in [4.69, 9.17) is 32.0 Å². The van der Waals surface area contributed by atoms with Gasteiger partial charge < -0.3 is 24.5 Å². The highest BCUT2D eigenvalue weighted by molar-refractivity contribution is 5.90. The predicted molar refractivity (Wildman–Crippen MR) is 139 cm³/mol. The van der Waals surface area contributed by atoms with E-state index in [1.165, 1.54) is 11.2 Å². The zero-order valence-corrected chi connectivity index (χ0v) is 19.7. The highest BCUT2D eigenvalue weighted by Crippen LogP contribution is 2.24. The van der Waals surface area contributed by atoms with Gasteiger partial charge in [0.2, 0.25) is 11.8 Å². The Balaban J connectivity index is 1.35. The van der Waals surface area contributed by atoms with E-state index in [-0.39, 0.29) is 39.1 Å². The number of piperazine rings is 1. The lowest BCUT2D eigenvalue weighted by Crippen LogP contribution is -2.47. The summed E-state index contributed by atoms with van der Waals surface area (Å²) in [5.41, 5.74) is 6.18. The van der Waals surface area contributed by atoms with Crippen molar-refractivity contribution >= 4 is 28.3 Å². The fourth-order valence-electron chi connectivity index (χ4n) is 3.71. The van der Waals surface area contributed by atoms with Crippen LogP contribution in [0.25, 0.3) is 28.3 Å². The van der Waals surface area contributed by atoms with Crippen LogP contribution in [0.5, 0.6) is 5.75 Å². The van der Waals surface area contributed by atoms with Crippen molar-refractivity contribution in [3.05, 3.63) is 48.8 Å². The molecule has 0 radical (unpaired) electrons. The van der Waals surface area contributed by atoms with Crippen molar-refractivity contribution in [2.45, 2.75) is 6.50 Å². The van der Waals surface area contributed by atoms with Crippen LogP contribution in [-0.2, 0) is 11.2 Å². The number of fused-ring (bicyclic) bond motifs is 3. The molecule has 37 heavy (non-hydrogen) atoms. The first-order valence-electron chi connectivity index (χ1n) is 15.8. The minimum Gasteiger partial charge on any atom is -0.491 e. The standard InChI is InChI=1S/C25H29N9O3/c1-35-15-16-36-19-6-4-18(5-7-19)32-11-8-31(9-12-32)10-13-33-23-20(17-27-33)24-28-22(21-3-2-14-37-21)30-34(24)25(26)29-23/h2-7,14,17H,8-13,15-16H2,1H3,(H2,26,29)/i8D2,9D2,10D2,13D2,17D. The van der Waals surface area contributed by atoms with Crippen molar-refractivity contribution in [3.8, 4) is 17.3 Å². The average molecular weight is 513 g/mol. The normalized spacial score (nSPS) is 21.8. The first-order chi connectivity index (χ1) is 21.6. The molecular weight excluding hydrogens is 474 g/mol. The lowest BCUT2D eigenvalue weighted by molar-refractivity contribution is 0.146. The number of nitrogens with two attached hydrogens (primary N) is 1. The molecule has 0 amide bonds. The van der Waals surface area contributed by atoms with Gasteiger partial charge in [-0.1, -0.05) is 0 Å². The van der Waals surface area contributed by atoms with Gasteiger partial charge in [0.05, 0.1) is 35.0 Å². The number of aromatic nitrogens is 6. The van der Waals surface area contributed by atoms with Gasteiger partial charge in [-0.3, -0.25) is 4.90 Å². The maximum Gasteiger partial charge on any atom is 0.225 e. The Labute approximate surface area is 225 Å². The van der Waals surface area contributed by atoms with Gasteiger partial charge in [0, 0.05) is 53.6 Å². The number of methoxy groups -OCH3 is 1. The first-order valence-corrected chi connectivity index (χ1v) is 11.3. The predicted octanol–water partition coefficient (Wildman–Crippen LogP) is 2.16. The van der Waals surface area contributed by atoms with Crippen molar-refractivity contribution in [3.63, 3.8) is 0 Å². The zero-order valence-electron chi connectivity index (χ0n) is 28.7. The summed E-state index contributed by atoms with van der Waals surface area (Å²) in [5, 5.41) is 8.06. The number of aryl methyl sites for hydroxylation is 1. The van der Waals surface area contributed by atoms with Crippen LogP contribution in [0.3, 0.4) is 0 Å². The number of nitrogen functional groups attached to an aromatic ring is 1. The lowest BCUT2D eigenvalue weighted by atomic mass is 10.2. The van der Waals surface area contributed by atoms with E-state index in [0.717, 1.165) is 4.52 Å². The second kappa shape index (κ2) is 10.1. The number of nitrogens with zero attached hydrogens (tertiary/aromatic N) is 8. The Hall–Kier alpha value is -4.16. The van der Waals surface area contributed by atoms with E-state index in [9.17, 15) is 0 Å². The van der Waals surface area contributed by atoms with Crippen LogP contribution in [-0.4, -0.2) is 87.2 Å². The third-order valence-electron chi connectivity index (χ3n) is 5.56. The third-order valence-corrected chi connectivity index (χ3v) is 5.56. The topological polar surface area (TPSA) is 125 Å². The molecule has 0 unspecified atom stereocenters. The fourth-order valence-corrected chi connectivity index (χ4v) is 3.71. The van der Waals surface area contributed by atoms with Crippen LogP contribution in [0.1, 0.15) is 12.3 Å². The molecule has 0 saturated carbocycles. The summed E-state index contributed by atoms with van der Waals surface area (Å²) < 4.78 is 96.8. The Morgan fingerprint density at radius 3 is 2.70 bits per heavy atom. The number of rotatable bonds is 9. The molecule has 0 atom stereocenters. The van der Waals surface area contributed by atoms with Crippen LogP contribution >= 0.6 is 0 Å². The SMILES string of the molecule is [2H]c1nn(C([2H])([2H])C([2H])([2H])N2C([2H])([2H])CN(c3ccc(OCCOC)cc3)CC2([2H])[2H])c2nc(N)n3nc(-c4ccco4)nc3c12. The van der Waals surface area contributed by atoms with Crippen molar-refractivity contribution in [1.29, 1.82) is 0 Å². The monoisotopic (exact) mass is 512 g/mol. The molecule has 0 aliphatic carbocycles. The van der Waals surface area contributed by atoms with E-state index in [0.29, 0.717) is 29.3 Å². The Morgan fingerprint density at radius 1 is 1.11 bits per heavy atom. The molecule has 4 aromatic heterocycles. The quantitative estimate of drug-likeness (QED) is 0.294. The molecule has 0 bridgehead atoms. The van der Waals surface area contributed by atoms with Gasteiger partial charge in [0.1, 0.15) is 12.4 Å². The van der Waals surface area contributed by atoms with Crippen LogP contribution in [0.4, 0.5) is 11.6 Å². The second-order valence-electron chi connectivity index (χ2n) is 7.91. The van der Waals surface area contributed by atoms with Gasteiger partial charge >= 0.3 is 0 Å². The van der Waals surface area contributed by atoms with E-state index in [1.807, 2.05) is 0 Å². The van der Waals surface area contributed by atoms with Gasteiger partial charge in [0.25, 0.3) is 0 Å². The van der Waals surface area contributed by atoms with E-state index >= 15 is 0 Å². The maximum atomic E-state index is 8.92. The number of benzene rings is 1. The number of hydrogen-bond acceptors (Lipinski definition) is 10. The van der Waals surface area contributed by atoms with E-state index in [2.05, 4.69) is 20.2 Å². The summed E-state index contributed by atoms with van der Waals surface area (Å²) in [7, 11) is 1.55. The van der Waals surface area contributed by atoms with Crippen molar-refractivity contribution in [2.75, 3.05) is 63.5 Å². The second-order valence-corrected chi connectivity index (χ2v) is 7.91. The van der Waals surface area contributed by atoms with Gasteiger partial charge in [-0.25, -0.2) is 9.67 Å². The molecule has 1 saturated heterocycles. The Kier molecular flexibility index (Phi) is 4.13. The van der Waals surface area contributed by atoms with Crippen LogP contribution in [0, 0.1) is 0 Å². The molecule has 1 aliphatic rings. The van der Waals surface area contributed by atoms with Gasteiger partial charge in [-0.15, -0.1) is 5.10 Å². The molecule has 192 valence electrons. The van der Waals surface area contributed by atoms with E-state index in [1.54, 1.807) is 43.5 Å². The summed E-state index contributed by atoms with van der Waals surface area (Å²) >= 11 is 0. The Morgan fingerprint density at radius 2 is 1.95 bits per heavy atom. The smallest absolute Gasteiger partial charge is 0.225 e. The number of ether oxygens (including phenoxy) is 2. The summed E-state index contributed by atoms with van der Waals surface area (Å²) in [4.78, 5) is 10.2. The molecule has 12 heteroatoms. The average Bonchev–Trinajstić information content (AvgIpc) is 3.71. The summed E-state index contributed by atoms with van der Waals surface area (Å²) in [6, 6.07) is 9.76. The molecule has 2 N–H and O–H groups in total. The van der Waals surface area contributed by atoms with Crippen LogP contribution < -0.4 is 15.4 Å². The van der Waals surface area contributed by atoms with E-state index < -0.39 is 45.2 Å². The summed E-state index contributed by atoms with van der Waals surface area (Å²) in [6.45, 7) is -12.5. The van der Waals surface area contributed by atoms with Crippen molar-refractivity contribution < 1.29 is 26.2 Å². The molecule has 1 aliphatic heterocycles. The third kappa shape index (κ3) is 4.68. The van der Waals surface area contributed by atoms with Crippen LogP contribution in [0.15, 0.2) is 53.3 Å². The number of furan rings is 1. The number of anilines is 2. The maximum absolute atomic E-state index is 8.92. The zero-order chi connectivity index (χ0) is 33.2. The fraction of sp³-hybridized carbons (Fsp3) is 0.360. The van der Waals surface area contributed by atoms with Gasteiger partial charge in [-0.05, 0) is 36.4 Å². The van der Waals surface area contributed by atoms with Gasteiger partial charge in [0.15, 0.2) is 17.1 Å². The molecule has 6 rings (SSSR count). The molecule has 12 nitrogen and oxygen atoms in total. The lowest BCUT2D eigenvalue weighted by Gasteiger charge is -2.36. The molecule has 0 spiro atoms. The largest absolute Gasteiger partial charge is 0.491 e. The molecule has 5 heterocycles. The highest BCUT2D eigenvalue weighted by atomic mass is 16.5. The Bertz CT molecular complexity index is 1860. The number of hydrogen-bond donors (Lipinski definition) is 1. The van der Waals surface area contributed by atoms with Crippen LogP contribution in [0.2, 0.25) is 0 Å². The summed E-state index contributed by atoms with van der Waals surface area (Å²) in [6.07, 6.45) is 0.881. The molecular formula is C25H29N9O3. The minimum absolute atomic E-state index is 0.0177. The van der Waals surface area contributed by atoms with Gasteiger partial charge in [-0.2, -0.15) is 14.6 Å². The molecule has 1 aromatic carbocycles. The molecule has 5 aromatic rings. The first kappa shape index (κ1) is 15.2. The van der Waals surface area contributed by atoms with Crippen molar-refractivity contribution in [2.24, 2.45) is 0 Å². The minimum atomic E-state index is -3.40.